The number of ether oxygens (including phenoxy) is 2. The predicted molar refractivity (Wildman–Crippen MR) is 93.9 cm³/mol. The van der Waals surface area contributed by atoms with Crippen molar-refractivity contribution in [1.82, 2.24) is 0 Å². The number of hydrogen-bond acceptors (Lipinski definition) is 5. The molecule has 2 aliphatic rings. The Balaban J connectivity index is 2.17. The van der Waals surface area contributed by atoms with Gasteiger partial charge in [0.15, 0.2) is 0 Å². The Morgan fingerprint density at radius 2 is 1.89 bits per heavy atom. The van der Waals surface area contributed by atoms with Gasteiger partial charge in [-0.25, -0.2) is 0 Å². The lowest BCUT2D eigenvalue weighted by Gasteiger charge is -2.49. The Kier molecular flexibility index (Phi) is 4.97. The second kappa shape index (κ2) is 6.75. The lowest BCUT2D eigenvalue weighted by molar-refractivity contribution is -0.177. The van der Waals surface area contributed by atoms with Crippen molar-refractivity contribution >= 4 is 21.9 Å². The van der Waals surface area contributed by atoms with Crippen molar-refractivity contribution in [3.05, 3.63) is 35.4 Å². The standard InChI is InChI=1S/C18H20F3NO5S/c1-16-13-8-4-3-6-12(13)7-5-10-17(16,15(23)26-2)11-9-14(27-16)22-28(24,25)18(19,20)21/h3-4,6,8H,5,7,9-11H2,1-2H3/b22-14+. The zero-order valence-corrected chi connectivity index (χ0v) is 16.2. The minimum absolute atomic E-state index is 0.0662. The van der Waals surface area contributed by atoms with E-state index in [1.807, 2.05) is 12.1 Å². The van der Waals surface area contributed by atoms with Gasteiger partial charge in [-0.3, -0.25) is 4.79 Å². The molecule has 1 aromatic rings. The Bertz CT molecular complexity index is 927. The SMILES string of the molecule is COC(=O)C12CCCc3ccccc3C1(C)O/C(=N/S(=O)(=O)C(F)(F)F)CC2. The first-order valence-electron chi connectivity index (χ1n) is 8.73. The zero-order chi connectivity index (χ0) is 20.8. The second-order valence-corrected chi connectivity index (χ2v) is 8.72. The first-order valence-corrected chi connectivity index (χ1v) is 10.2. The van der Waals surface area contributed by atoms with Crippen molar-refractivity contribution in [3.8, 4) is 0 Å². The molecule has 2 atom stereocenters. The van der Waals surface area contributed by atoms with Gasteiger partial charge >= 0.3 is 21.5 Å². The highest BCUT2D eigenvalue weighted by molar-refractivity contribution is 7.91. The molecule has 0 N–H and O–H groups in total. The fraction of sp³-hybridized carbons (Fsp3) is 0.556. The van der Waals surface area contributed by atoms with Gasteiger partial charge in [0.1, 0.15) is 11.0 Å². The lowest BCUT2D eigenvalue weighted by Crippen LogP contribution is -2.55. The number of carbonyl (C=O) groups excluding carboxylic acids is 1. The largest absolute Gasteiger partial charge is 0.518 e. The maximum atomic E-state index is 12.8. The molecule has 10 heteroatoms. The van der Waals surface area contributed by atoms with Crippen molar-refractivity contribution in [2.75, 3.05) is 7.11 Å². The summed E-state index contributed by atoms with van der Waals surface area (Å²) in [7, 11) is -4.51. The van der Waals surface area contributed by atoms with Gasteiger partial charge in [-0.15, -0.1) is 4.40 Å². The topological polar surface area (TPSA) is 82.0 Å². The Morgan fingerprint density at radius 1 is 1.21 bits per heavy atom. The third-order valence-corrected chi connectivity index (χ3v) is 6.70. The number of halogens is 3. The molecule has 28 heavy (non-hydrogen) atoms. The quantitative estimate of drug-likeness (QED) is 0.686. The molecule has 6 nitrogen and oxygen atoms in total. The van der Waals surface area contributed by atoms with E-state index in [2.05, 4.69) is 4.40 Å². The summed E-state index contributed by atoms with van der Waals surface area (Å²) < 4.78 is 74.9. The minimum Gasteiger partial charge on any atom is -0.468 e. The van der Waals surface area contributed by atoms with E-state index >= 15 is 0 Å². The molecule has 0 radical (unpaired) electrons. The first kappa shape index (κ1) is 20.6. The van der Waals surface area contributed by atoms with Crippen LogP contribution in [0, 0.1) is 5.41 Å². The molecule has 0 saturated carbocycles. The summed E-state index contributed by atoms with van der Waals surface area (Å²) in [6.07, 6.45) is 1.54. The predicted octanol–water partition coefficient (Wildman–Crippen LogP) is 3.46. The van der Waals surface area contributed by atoms with E-state index in [9.17, 15) is 26.4 Å². The second-order valence-electron chi connectivity index (χ2n) is 7.13. The van der Waals surface area contributed by atoms with Gasteiger partial charge in [0.05, 0.1) is 7.11 Å². The third-order valence-electron chi connectivity index (χ3n) is 5.67. The average Bonchev–Trinajstić information content (AvgIpc) is 2.74. The number of carbonyl (C=O) groups is 1. The molecule has 154 valence electrons. The van der Waals surface area contributed by atoms with Crippen LogP contribution in [0.2, 0.25) is 0 Å². The van der Waals surface area contributed by atoms with E-state index in [0.717, 1.165) is 5.56 Å². The Hall–Kier alpha value is -2.10. The number of esters is 1. The zero-order valence-electron chi connectivity index (χ0n) is 15.4. The highest BCUT2D eigenvalue weighted by Crippen LogP contribution is 2.56. The average molecular weight is 419 g/mol. The number of alkyl halides is 3. The molecular weight excluding hydrogens is 399 g/mol. The van der Waals surface area contributed by atoms with E-state index in [1.165, 1.54) is 7.11 Å². The molecule has 2 unspecified atom stereocenters. The first-order chi connectivity index (χ1) is 13.0. The molecule has 0 spiro atoms. The number of aryl methyl sites for hydroxylation is 1. The molecule has 3 rings (SSSR count). The molecule has 1 aromatic carbocycles. The highest BCUT2D eigenvalue weighted by Gasteiger charge is 2.61. The number of methoxy groups -OCH3 is 1. The van der Waals surface area contributed by atoms with Crippen molar-refractivity contribution in [1.29, 1.82) is 0 Å². The molecule has 0 amide bonds. The summed E-state index contributed by atoms with van der Waals surface area (Å²) in [5, 5.41) is 0. The fourth-order valence-electron chi connectivity index (χ4n) is 4.25. The Labute approximate surface area is 160 Å². The van der Waals surface area contributed by atoms with Crippen LogP contribution in [-0.4, -0.2) is 32.9 Å². The smallest absolute Gasteiger partial charge is 0.468 e. The van der Waals surface area contributed by atoms with Crippen LogP contribution in [0.15, 0.2) is 28.7 Å². The minimum atomic E-state index is -5.75. The number of benzene rings is 1. The lowest BCUT2D eigenvalue weighted by atomic mass is 9.63. The van der Waals surface area contributed by atoms with Crippen LogP contribution in [0.3, 0.4) is 0 Å². The van der Waals surface area contributed by atoms with Crippen molar-refractivity contribution in [2.24, 2.45) is 9.81 Å². The number of nitrogens with zero attached hydrogens (tertiary/aromatic N) is 1. The summed E-state index contributed by atoms with van der Waals surface area (Å²) in [5.41, 5.74) is -6.59. The summed E-state index contributed by atoms with van der Waals surface area (Å²) in [4.78, 5) is 12.8. The molecule has 0 bridgehead atoms. The van der Waals surface area contributed by atoms with Gasteiger partial charge in [-0.2, -0.15) is 21.6 Å². The van der Waals surface area contributed by atoms with Crippen LogP contribution in [-0.2, 0) is 36.3 Å². The molecule has 0 aromatic heterocycles. The van der Waals surface area contributed by atoms with Crippen LogP contribution in [0.1, 0.15) is 43.7 Å². The van der Waals surface area contributed by atoms with Gasteiger partial charge < -0.3 is 9.47 Å². The number of fused-ring (bicyclic) bond motifs is 3. The maximum Gasteiger partial charge on any atom is 0.518 e. The molecule has 1 heterocycles. The normalized spacial score (nSPS) is 29.2. The highest BCUT2D eigenvalue weighted by atomic mass is 32.2. The Morgan fingerprint density at radius 3 is 2.54 bits per heavy atom. The van der Waals surface area contributed by atoms with Crippen molar-refractivity contribution in [2.45, 2.75) is 50.1 Å². The van der Waals surface area contributed by atoms with E-state index in [1.54, 1.807) is 19.1 Å². The van der Waals surface area contributed by atoms with Gasteiger partial charge in [-0.1, -0.05) is 24.3 Å². The monoisotopic (exact) mass is 419 g/mol. The summed E-state index contributed by atoms with van der Waals surface area (Å²) in [5.74, 6) is -1.10. The maximum absolute atomic E-state index is 12.8. The summed E-state index contributed by atoms with van der Waals surface area (Å²) in [6.45, 7) is 1.59. The fourth-order valence-corrected chi connectivity index (χ4v) is 4.75. The number of sulfonamides is 1. The van der Waals surface area contributed by atoms with Crippen LogP contribution in [0.4, 0.5) is 13.2 Å². The molecule has 1 aliphatic heterocycles. The van der Waals surface area contributed by atoms with Crippen LogP contribution in [0.5, 0.6) is 0 Å². The van der Waals surface area contributed by atoms with Gasteiger partial charge in [0, 0.05) is 6.42 Å². The molecular formula is C18H20F3NO5S. The van der Waals surface area contributed by atoms with Crippen LogP contribution in [0.25, 0.3) is 0 Å². The van der Waals surface area contributed by atoms with Gasteiger partial charge in [0.2, 0.25) is 5.90 Å². The molecule has 1 saturated heterocycles. The number of hydrogen-bond donors (Lipinski definition) is 0. The van der Waals surface area contributed by atoms with Crippen molar-refractivity contribution in [3.63, 3.8) is 0 Å². The molecule has 1 aliphatic carbocycles. The van der Waals surface area contributed by atoms with Gasteiger partial charge in [0.25, 0.3) is 0 Å². The van der Waals surface area contributed by atoms with Crippen LogP contribution < -0.4 is 0 Å². The summed E-state index contributed by atoms with van der Waals surface area (Å²) >= 11 is 0. The van der Waals surface area contributed by atoms with Gasteiger partial charge in [-0.05, 0) is 43.7 Å². The number of rotatable bonds is 2. The van der Waals surface area contributed by atoms with Crippen LogP contribution >= 0.6 is 0 Å². The van der Waals surface area contributed by atoms with E-state index < -0.39 is 38.4 Å². The summed E-state index contributed by atoms with van der Waals surface area (Å²) in [6, 6.07) is 7.15. The van der Waals surface area contributed by atoms with E-state index in [4.69, 9.17) is 9.47 Å². The van der Waals surface area contributed by atoms with Crippen molar-refractivity contribution < 1.29 is 35.9 Å². The third kappa shape index (κ3) is 3.07. The van der Waals surface area contributed by atoms with E-state index in [-0.39, 0.29) is 12.8 Å². The molecule has 1 fully saturated rings. The van der Waals surface area contributed by atoms with E-state index in [0.29, 0.717) is 24.8 Å².